The molecule has 0 aliphatic heterocycles. The van der Waals surface area contributed by atoms with Crippen LogP contribution >= 0.6 is 15.9 Å². The molecule has 2 rings (SSSR count). The minimum absolute atomic E-state index is 0.0224. The highest BCUT2D eigenvalue weighted by molar-refractivity contribution is 9.10. The number of hydrogen-bond donors (Lipinski definition) is 0. The Hall–Kier alpha value is -1.36. The van der Waals surface area contributed by atoms with E-state index in [1.165, 1.54) is 10.5 Å². The maximum atomic E-state index is 12.5. The zero-order chi connectivity index (χ0) is 15.6. The number of likely N-dealkylation sites (N-methyl/N-ethyl adjacent to an activating group) is 2. The van der Waals surface area contributed by atoms with E-state index in [2.05, 4.69) is 28.1 Å². The van der Waals surface area contributed by atoms with Crippen molar-refractivity contribution < 1.29 is 9.59 Å². The van der Waals surface area contributed by atoms with Crippen molar-refractivity contribution in [1.82, 2.24) is 9.80 Å². The van der Waals surface area contributed by atoms with Crippen LogP contribution in [0, 0.1) is 5.92 Å². The van der Waals surface area contributed by atoms with Crippen LogP contribution in [0.4, 0.5) is 0 Å². The molecule has 0 unspecified atom stereocenters. The van der Waals surface area contributed by atoms with E-state index in [0.717, 1.165) is 10.9 Å². The lowest BCUT2D eigenvalue weighted by atomic mass is 10.1. The highest BCUT2D eigenvalue weighted by Crippen LogP contribution is 2.48. The van der Waals surface area contributed by atoms with Gasteiger partial charge in [0.05, 0.1) is 6.54 Å². The van der Waals surface area contributed by atoms with E-state index < -0.39 is 0 Å². The van der Waals surface area contributed by atoms with E-state index in [0.29, 0.717) is 12.5 Å². The minimum atomic E-state index is -0.0372. The van der Waals surface area contributed by atoms with Gasteiger partial charge in [-0.15, -0.1) is 0 Å². The first-order valence-corrected chi connectivity index (χ1v) is 7.97. The molecule has 0 spiro atoms. The van der Waals surface area contributed by atoms with Crippen LogP contribution in [-0.2, 0) is 9.59 Å². The highest BCUT2D eigenvalue weighted by atomic mass is 79.9. The Labute approximate surface area is 134 Å². The molecule has 1 aromatic carbocycles. The summed E-state index contributed by atoms with van der Waals surface area (Å²) in [5.41, 5.74) is 1.19. The fraction of sp³-hybridized carbons (Fsp3) is 0.500. The maximum absolute atomic E-state index is 12.5. The zero-order valence-electron chi connectivity index (χ0n) is 12.7. The van der Waals surface area contributed by atoms with Crippen molar-refractivity contribution >= 4 is 27.7 Å². The molecule has 0 bridgehead atoms. The van der Waals surface area contributed by atoms with Crippen LogP contribution in [0.25, 0.3) is 0 Å². The van der Waals surface area contributed by atoms with Crippen LogP contribution in [-0.4, -0.2) is 48.8 Å². The van der Waals surface area contributed by atoms with Crippen molar-refractivity contribution in [2.45, 2.75) is 19.3 Å². The van der Waals surface area contributed by atoms with Crippen LogP contribution in [0.1, 0.15) is 24.8 Å². The van der Waals surface area contributed by atoms with Gasteiger partial charge >= 0.3 is 0 Å². The third kappa shape index (κ3) is 3.84. The van der Waals surface area contributed by atoms with Gasteiger partial charge in [0.1, 0.15) is 0 Å². The van der Waals surface area contributed by atoms with Crippen LogP contribution in [0.2, 0.25) is 0 Å². The summed E-state index contributed by atoms with van der Waals surface area (Å²) in [5, 5.41) is 0. The molecule has 1 aromatic rings. The smallest absolute Gasteiger partial charge is 0.241 e. The Bertz CT molecular complexity index is 545. The topological polar surface area (TPSA) is 40.6 Å². The van der Waals surface area contributed by atoms with Gasteiger partial charge in [-0.25, -0.2) is 0 Å². The lowest BCUT2D eigenvalue weighted by Crippen LogP contribution is -2.41. The van der Waals surface area contributed by atoms with Gasteiger partial charge in [0.2, 0.25) is 11.8 Å². The van der Waals surface area contributed by atoms with E-state index >= 15 is 0 Å². The van der Waals surface area contributed by atoms with E-state index in [1.54, 1.807) is 19.0 Å². The van der Waals surface area contributed by atoms with Crippen molar-refractivity contribution in [3.8, 4) is 0 Å². The molecule has 0 radical (unpaired) electrons. The Kier molecular flexibility index (Phi) is 5.04. The predicted molar refractivity (Wildman–Crippen MR) is 85.9 cm³/mol. The number of amides is 2. The van der Waals surface area contributed by atoms with E-state index in [9.17, 15) is 9.59 Å². The lowest BCUT2D eigenvalue weighted by molar-refractivity contribution is -0.139. The van der Waals surface area contributed by atoms with Gasteiger partial charge in [-0.1, -0.05) is 28.1 Å². The average Bonchev–Trinajstić information content (AvgIpc) is 3.24. The summed E-state index contributed by atoms with van der Waals surface area (Å²) in [6, 6.07) is 8.10. The third-order valence-electron chi connectivity index (χ3n) is 3.90. The molecule has 1 fully saturated rings. The minimum Gasteiger partial charge on any atom is -0.347 e. The van der Waals surface area contributed by atoms with Crippen molar-refractivity contribution in [2.75, 3.05) is 27.2 Å². The second-order valence-corrected chi connectivity index (χ2v) is 6.56. The molecule has 1 aliphatic rings. The predicted octanol–water partition coefficient (Wildman–Crippen LogP) is 2.49. The molecule has 0 N–H and O–H groups in total. The molecule has 0 saturated heterocycles. The highest BCUT2D eigenvalue weighted by Gasteiger charge is 2.45. The maximum Gasteiger partial charge on any atom is 0.241 e. The van der Waals surface area contributed by atoms with Gasteiger partial charge in [-0.05, 0) is 37.0 Å². The molecular formula is C16H21BrN2O2. The number of nitrogens with zero attached hydrogens (tertiary/aromatic N) is 2. The summed E-state index contributed by atoms with van der Waals surface area (Å²) in [6.07, 6.45) is 0.877. The first-order valence-electron chi connectivity index (χ1n) is 7.18. The van der Waals surface area contributed by atoms with Gasteiger partial charge in [-0.3, -0.25) is 9.59 Å². The van der Waals surface area contributed by atoms with E-state index in [4.69, 9.17) is 0 Å². The van der Waals surface area contributed by atoms with Crippen LogP contribution in [0.5, 0.6) is 0 Å². The lowest BCUT2D eigenvalue weighted by Gasteiger charge is -2.22. The molecule has 114 valence electrons. The van der Waals surface area contributed by atoms with Gasteiger partial charge < -0.3 is 9.80 Å². The fourth-order valence-corrected chi connectivity index (χ4v) is 2.88. The molecule has 21 heavy (non-hydrogen) atoms. The van der Waals surface area contributed by atoms with Crippen molar-refractivity contribution in [1.29, 1.82) is 0 Å². The van der Waals surface area contributed by atoms with Gasteiger partial charge in [0, 0.05) is 31.0 Å². The van der Waals surface area contributed by atoms with Crippen LogP contribution < -0.4 is 0 Å². The van der Waals surface area contributed by atoms with Crippen LogP contribution in [0.15, 0.2) is 28.7 Å². The second kappa shape index (κ2) is 6.60. The van der Waals surface area contributed by atoms with Gasteiger partial charge in [0.15, 0.2) is 0 Å². The zero-order valence-corrected chi connectivity index (χ0v) is 14.3. The fourth-order valence-electron chi connectivity index (χ4n) is 2.46. The normalized spacial score (nSPS) is 20.0. The molecule has 1 aliphatic carbocycles. The van der Waals surface area contributed by atoms with Crippen molar-refractivity contribution in [3.05, 3.63) is 34.3 Å². The molecule has 2 atom stereocenters. The van der Waals surface area contributed by atoms with E-state index in [1.807, 2.05) is 19.1 Å². The summed E-state index contributed by atoms with van der Waals surface area (Å²) in [5.74, 6) is 0.371. The number of carbonyl (C=O) groups excluding carboxylic acids is 2. The molecule has 5 heteroatoms. The standard InChI is InChI=1S/C16H21BrN2O2/c1-4-19(10-15(20)18(2)3)16(21)14-9-13(14)11-6-5-7-12(17)8-11/h5-8,13-14H,4,9-10H2,1-3H3/t13-,14-/m1/s1. The summed E-state index contributed by atoms with van der Waals surface area (Å²) in [7, 11) is 3.42. The van der Waals surface area contributed by atoms with Crippen LogP contribution in [0.3, 0.4) is 0 Å². The first kappa shape index (κ1) is 16.0. The molecular weight excluding hydrogens is 332 g/mol. The Morgan fingerprint density at radius 3 is 2.62 bits per heavy atom. The Balaban J connectivity index is 1.99. The molecule has 0 heterocycles. The number of rotatable bonds is 5. The number of halogens is 1. The first-order chi connectivity index (χ1) is 9.93. The molecule has 0 aromatic heterocycles. The number of carbonyl (C=O) groups is 2. The number of benzene rings is 1. The second-order valence-electron chi connectivity index (χ2n) is 5.64. The van der Waals surface area contributed by atoms with Crippen molar-refractivity contribution in [2.24, 2.45) is 5.92 Å². The SMILES string of the molecule is CCN(CC(=O)N(C)C)C(=O)[C@@H]1C[C@@H]1c1cccc(Br)c1. The van der Waals surface area contributed by atoms with E-state index in [-0.39, 0.29) is 24.3 Å². The monoisotopic (exact) mass is 352 g/mol. The summed E-state index contributed by atoms with van der Waals surface area (Å²) >= 11 is 3.46. The average molecular weight is 353 g/mol. The Morgan fingerprint density at radius 2 is 2.05 bits per heavy atom. The summed E-state index contributed by atoms with van der Waals surface area (Å²) in [6.45, 7) is 2.65. The van der Waals surface area contributed by atoms with Crippen molar-refractivity contribution in [3.63, 3.8) is 0 Å². The summed E-state index contributed by atoms with van der Waals surface area (Å²) in [4.78, 5) is 27.5. The molecule has 2 amide bonds. The van der Waals surface area contributed by atoms with Gasteiger partial charge in [0.25, 0.3) is 0 Å². The van der Waals surface area contributed by atoms with Gasteiger partial charge in [-0.2, -0.15) is 0 Å². The largest absolute Gasteiger partial charge is 0.347 e. The molecule has 4 nitrogen and oxygen atoms in total. The third-order valence-corrected chi connectivity index (χ3v) is 4.40. The molecule has 1 saturated carbocycles. The summed E-state index contributed by atoms with van der Waals surface area (Å²) < 4.78 is 1.04. The quantitative estimate of drug-likeness (QED) is 0.816. The Morgan fingerprint density at radius 1 is 1.33 bits per heavy atom. The number of hydrogen-bond acceptors (Lipinski definition) is 2.